The Balaban J connectivity index is 1.17. The molecule has 0 bridgehead atoms. The van der Waals surface area contributed by atoms with Crippen LogP contribution < -0.4 is 0 Å². The average Bonchev–Trinajstić information content (AvgIpc) is 3.18. The molecule has 0 aliphatic heterocycles. The van der Waals surface area contributed by atoms with E-state index >= 15 is 0 Å². The van der Waals surface area contributed by atoms with Crippen molar-refractivity contribution in [2.45, 2.75) is 110 Å². The number of esters is 2. The van der Waals surface area contributed by atoms with Crippen LogP contribution in [0, 0.1) is 35.0 Å². The number of ketones is 1. The zero-order chi connectivity index (χ0) is 24.8. The van der Waals surface area contributed by atoms with Crippen LogP contribution in [0.1, 0.15) is 110 Å². The van der Waals surface area contributed by atoms with Gasteiger partial charge in [0.1, 0.15) is 0 Å². The minimum absolute atomic E-state index is 0.262. The number of hydrogen-bond donors (Lipinski definition) is 0. The molecule has 3 fully saturated rings. The molecule has 35 heavy (non-hydrogen) atoms. The predicted octanol–water partition coefficient (Wildman–Crippen LogP) is 6.58. The van der Waals surface area contributed by atoms with Crippen molar-refractivity contribution in [1.82, 2.24) is 0 Å². The second-order valence-corrected chi connectivity index (χ2v) is 12.1. The fourth-order valence-corrected chi connectivity index (χ4v) is 8.08. The molecule has 4 rings (SSSR count). The van der Waals surface area contributed by atoms with Gasteiger partial charge in [-0.2, -0.15) is 0 Å². The van der Waals surface area contributed by atoms with Crippen molar-refractivity contribution >= 4 is 17.7 Å². The van der Waals surface area contributed by atoms with Crippen molar-refractivity contribution in [3.63, 3.8) is 0 Å². The molecule has 3 saturated carbocycles. The smallest absolute Gasteiger partial charge is 0.344 e. The van der Waals surface area contributed by atoms with Crippen LogP contribution >= 0.6 is 0 Å². The summed E-state index contributed by atoms with van der Waals surface area (Å²) in [6, 6.07) is 0. The summed E-state index contributed by atoms with van der Waals surface area (Å²) in [5, 5.41) is 0. The minimum Gasteiger partial charge on any atom is -0.463 e. The average molecular weight is 487 g/mol. The first-order valence-electron chi connectivity index (χ1n) is 14.4. The van der Waals surface area contributed by atoms with Crippen LogP contribution in [0.25, 0.3) is 0 Å². The zero-order valence-corrected chi connectivity index (χ0v) is 22.0. The standard InChI is InChI=1S/C30H46O5/c1-3-4-5-6-7-8-28(32)35-20-29(33)34-16-14-21-17-27-26-11-9-22-18-23(31)10-12-24(22)25(26)13-15-30(27,2)19-21/h18,21,24-27H,3-17,19-20H2,1-2H3/t21-,24-,25+,26+,27-,30+/m0/s1. The lowest BCUT2D eigenvalue weighted by Crippen LogP contribution is -2.44. The van der Waals surface area contributed by atoms with Gasteiger partial charge in [-0.15, -0.1) is 0 Å². The quantitative estimate of drug-likeness (QED) is 0.244. The van der Waals surface area contributed by atoms with Gasteiger partial charge in [0.2, 0.25) is 0 Å². The molecule has 5 nitrogen and oxygen atoms in total. The molecule has 0 aromatic heterocycles. The van der Waals surface area contributed by atoms with E-state index < -0.39 is 5.97 Å². The zero-order valence-electron chi connectivity index (χ0n) is 22.0. The maximum atomic E-state index is 12.1. The van der Waals surface area contributed by atoms with Crippen molar-refractivity contribution in [1.29, 1.82) is 0 Å². The first kappa shape index (κ1) is 26.4. The monoisotopic (exact) mass is 486 g/mol. The minimum atomic E-state index is -0.426. The number of unbranched alkanes of at least 4 members (excludes halogenated alkanes) is 4. The van der Waals surface area contributed by atoms with E-state index in [9.17, 15) is 14.4 Å². The number of carbonyl (C=O) groups is 3. The van der Waals surface area contributed by atoms with Gasteiger partial charge in [-0.1, -0.05) is 45.1 Å². The van der Waals surface area contributed by atoms with E-state index in [4.69, 9.17) is 9.47 Å². The Hall–Kier alpha value is -1.65. The molecule has 0 heterocycles. The van der Waals surface area contributed by atoms with E-state index in [0.717, 1.165) is 62.7 Å². The summed E-state index contributed by atoms with van der Waals surface area (Å²) in [6.45, 7) is 4.83. The molecule has 0 unspecified atom stereocenters. The lowest BCUT2D eigenvalue weighted by molar-refractivity contribution is -0.159. The molecule has 0 aromatic carbocycles. The SMILES string of the molecule is CCCCCCCC(=O)OCC(=O)OCC[C@H]1C[C@H]2[C@@H]3CCC4=CC(=O)CC[C@@H]4[C@H]3CC[C@]2(C)C1. The third-order valence-electron chi connectivity index (χ3n) is 9.79. The van der Waals surface area contributed by atoms with Gasteiger partial charge >= 0.3 is 11.9 Å². The second kappa shape index (κ2) is 12.1. The number of ether oxygens (including phenoxy) is 2. The summed E-state index contributed by atoms with van der Waals surface area (Å²) in [7, 11) is 0. The third kappa shape index (κ3) is 6.57. The van der Waals surface area contributed by atoms with E-state index in [1.807, 2.05) is 6.08 Å². The third-order valence-corrected chi connectivity index (χ3v) is 9.79. The molecule has 0 amide bonds. The summed E-state index contributed by atoms with van der Waals surface area (Å²) < 4.78 is 10.5. The summed E-state index contributed by atoms with van der Waals surface area (Å²) in [6.07, 6.45) is 17.9. The maximum absolute atomic E-state index is 12.1. The summed E-state index contributed by atoms with van der Waals surface area (Å²) in [5.41, 5.74) is 1.86. The molecule has 0 aromatic rings. The van der Waals surface area contributed by atoms with Crippen LogP contribution in [-0.4, -0.2) is 30.9 Å². The Morgan fingerprint density at radius 1 is 1.00 bits per heavy atom. The lowest BCUT2D eigenvalue weighted by atomic mass is 9.52. The van der Waals surface area contributed by atoms with Crippen LogP contribution in [0.2, 0.25) is 0 Å². The number of carbonyl (C=O) groups excluding carboxylic acids is 3. The Morgan fingerprint density at radius 2 is 1.83 bits per heavy atom. The van der Waals surface area contributed by atoms with Crippen molar-refractivity contribution in [2.75, 3.05) is 13.2 Å². The first-order valence-corrected chi connectivity index (χ1v) is 14.4. The fraction of sp³-hybridized carbons (Fsp3) is 0.833. The van der Waals surface area contributed by atoms with Gasteiger partial charge in [0.05, 0.1) is 6.61 Å². The van der Waals surface area contributed by atoms with E-state index in [2.05, 4.69) is 13.8 Å². The maximum Gasteiger partial charge on any atom is 0.344 e. The van der Waals surface area contributed by atoms with Crippen LogP contribution in [0.15, 0.2) is 11.6 Å². The fourth-order valence-electron chi connectivity index (χ4n) is 8.08. The highest BCUT2D eigenvalue weighted by atomic mass is 16.6. The largest absolute Gasteiger partial charge is 0.463 e. The van der Waals surface area contributed by atoms with Crippen LogP contribution in [0.4, 0.5) is 0 Å². The molecular weight excluding hydrogens is 440 g/mol. The van der Waals surface area contributed by atoms with Crippen molar-refractivity contribution in [3.05, 3.63) is 11.6 Å². The van der Waals surface area contributed by atoms with Gasteiger partial charge < -0.3 is 9.47 Å². The number of fused-ring (bicyclic) bond motifs is 5. The van der Waals surface area contributed by atoms with E-state index in [1.54, 1.807) is 0 Å². The van der Waals surface area contributed by atoms with Crippen molar-refractivity contribution in [2.24, 2.45) is 35.0 Å². The molecule has 6 atom stereocenters. The Kier molecular flexibility index (Phi) is 9.10. The molecule has 4 aliphatic carbocycles. The highest BCUT2D eigenvalue weighted by Gasteiger charge is 2.54. The summed E-state index contributed by atoms with van der Waals surface area (Å²) in [4.78, 5) is 35.8. The molecule has 4 aliphatic rings. The Labute approximate surface area is 211 Å². The van der Waals surface area contributed by atoms with Gasteiger partial charge in [-0.05, 0) is 98.9 Å². The topological polar surface area (TPSA) is 69.7 Å². The Bertz CT molecular complexity index is 801. The lowest BCUT2D eigenvalue weighted by Gasteiger charge is -2.52. The van der Waals surface area contributed by atoms with Crippen LogP contribution in [0.3, 0.4) is 0 Å². The molecule has 0 N–H and O–H groups in total. The Morgan fingerprint density at radius 3 is 2.66 bits per heavy atom. The van der Waals surface area contributed by atoms with Gasteiger partial charge in [-0.3, -0.25) is 9.59 Å². The number of rotatable bonds is 11. The second-order valence-electron chi connectivity index (χ2n) is 12.1. The van der Waals surface area contributed by atoms with Gasteiger partial charge in [0, 0.05) is 12.8 Å². The number of allylic oxidation sites excluding steroid dienone is 1. The first-order chi connectivity index (χ1) is 16.9. The van der Waals surface area contributed by atoms with Crippen LogP contribution in [-0.2, 0) is 23.9 Å². The van der Waals surface area contributed by atoms with Gasteiger partial charge in [0.15, 0.2) is 12.4 Å². The van der Waals surface area contributed by atoms with Crippen molar-refractivity contribution in [3.8, 4) is 0 Å². The molecule has 0 saturated heterocycles. The number of hydrogen-bond acceptors (Lipinski definition) is 5. The summed E-state index contributed by atoms with van der Waals surface area (Å²) in [5.74, 6) is 3.18. The molecule has 0 radical (unpaired) electrons. The normalized spacial score (nSPS) is 33.8. The highest BCUT2D eigenvalue weighted by Crippen LogP contribution is 2.63. The van der Waals surface area contributed by atoms with Crippen molar-refractivity contribution < 1.29 is 23.9 Å². The molecule has 196 valence electrons. The molecule has 0 spiro atoms. The molecular formula is C30H46O5. The van der Waals surface area contributed by atoms with Crippen LogP contribution in [0.5, 0.6) is 0 Å². The summed E-state index contributed by atoms with van der Waals surface area (Å²) >= 11 is 0. The van der Waals surface area contributed by atoms with E-state index in [0.29, 0.717) is 36.1 Å². The van der Waals surface area contributed by atoms with E-state index in [-0.39, 0.29) is 12.6 Å². The van der Waals surface area contributed by atoms with Gasteiger partial charge in [-0.25, -0.2) is 4.79 Å². The highest BCUT2D eigenvalue weighted by molar-refractivity contribution is 5.91. The van der Waals surface area contributed by atoms with Gasteiger partial charge in [0.25, 0.3) is 0 Å². The van der Waals surface area contributed by atoms with E-state index in [1.165, 1.54) is 50.5 Å². The predicted molar refractivity (Wildman–Crippen MR) is 135 cm³/mol. The molecule has 5 heteroatoms.